The maximum absolute atomic E-state index is 12.6. The summed E-state index contributed by atoms with van der Waals surface area (Å²) < 4.78 is 5.43. The Morgan fingerprint density at radius 2 is 1.73 bits per heavy atom. The minimum atomic E-state index is -0.266. The number of ether oxygens (including phenoxy) is 1. The molecule has 136 valence electrons. The maximum atomic E-state index is 12.6. The number of para-hydroxylation sites is 1. The van der Waals surface area contributed by atoms with Crippen molar-refractivity contribution in [2.45, 2.75) is 0 Å². The Balaban J connectivity index is 1.56. The highest BCUT2D eigenvalue weighted by molar-refractivity contribution is 5.97. The van der Waals surface area contributed by atoms with Crippen molar-refractivity contribution in [1.82, 2.24) is 9.80 Å². The molecule has 0 aromatic heterocycles. The van der Waals surface area contributed by atoms with E-state index in [0.29, 0.717) is 17.0 Å². The van der Waals surface area contributed by atoms with Crippen molar-refractivity contribution in [1.29, 1.82) is 0 Å². The summed E-state index contributed by atoms with van der Waals surface area (Å²) in [6, 6.07) is 16.2. The summed E-state index contributed by atoms with van der Waals surface area (Å²) in [4.78, 5) is 28.7. The summed E-state index contributed by atoms with van der Waals surface area (Å²) in [6.45, 7) is 3.10. The molecule has 1 N–H and O–H groups in total. The van der Waals surface area contributed by atoms with Crippen LogP contribution < -0.4 is 10.1 Å². The topological polar surface area (TPSA) is 61.9 Å². The van der Waals surface area contributed by atoms with Crippen LogP contribution in [0.15, 0.2) is 54.6 Å². The first-order chi connectivity index (χ1) is 12.6. The lowest BCUT2D eigenvalue weighted by Crippen LogP contribution is -2.47. The normalized spacial score (nSPS) is 14.7. The molecular weight excluding hydrogens is 330 g/mol. The number of hydrogen-bond donors (Lipinski definition) is 1. The zero-order valence-corrected chi connectivity index (χ0v) is 14.9. The minimum absolute atomic E-state index is 0.00488. The number of carbonyl (C=O) groups excluding carboxylic acids is 2. The highest BCUT2D eigenvalue weighted by Crippen LogP contribution is 2.14. The van der Waals surface area contributed by atoms with E-state index in [0.717, 1.165) is 26.2 Å². The first-order valence-corrected chi connectivity index (χ1v) is 8.67. The van der Waals surface area contributed by atoms with E-state index in [2.05, 4.69) is 17.3 Å². The van der Waals surface area contributed by atoms with Crippen molar-refractivity contribution in [3.05, 3.63) is 60.2 Å². The van der Waals surface area contributed by atoms with Crippen LogP contribution in [0.2, 0.25) is 0 Å². The molecule has 2 aromatic rings. The molecular formula is C20H23N3O3. The standard InChI is InChI=1S/C20H23N3O3/c1-22-10-12-23(13-11-22)20(25)16-6-5-7-17(14-16)21-19(24)15-26-18-8-3-2-4-9-18/h2-9,14H,10-13,15H2,1H3,(H,21,24). The number of rotatable bonds is 5. The number of likely N-dealkylation sites (N-methyl/N-ethyl adjacent to an activating group) is 1. The van der Waals surface area contributed by atoms with Gasteiger partial charge in [-0.15, -0.1) is 0 Å². The van der Waals surface area contributed by atoms with Crippen LogP contribution in [0, 0.1) is 0 Å². The Kier molecular flexibility index (Phi) is 5.86. The van der Waals surface area contributed by atoms with Crippen LogP contribution >= 0.6 is 0 Å². The van der Waals surface area contributed by atoms with Crippen LogP contribution in [0.3, 0.4) is 0 Å². The molecule has 0 aliphatic carbocycles. The van der Waals surface area contributed by atoms with Crippen LogP contribution in [0.5, 0.6) is 5.75 Å². The van der Waals surface area contributed by atoms with Gasteiger partial charge in [0, 0.05) is 37.4 Å². The van der Waals surface area contributed by atoms with Crippen molar-refractivity contribution >= 4 is 17.5 Å². The number of piperazine rings is 1. The molecule has 0 saturated carbocycles. The number of hydrogen-bond acceptors (Lipinski definition) is 4. The first-order valence-electron chi connectivity index (χ1n) is 8.67. The van der Waals surface area contributed by atoms with E-state index < -0.39 is 0 Å². The lowest BCUT2D eigenvalue weighted by atomic mass is 10.1. The van der Waals surface area contributed by atoms with Gasteiger partial charge >= 0.3 is 0 Å². The molecule has 0 bridgehead atoms. The van der Waals surface area contributed by atoms with E-state index in [9.17, 15) is 9.59 Å². The third-order valence-electron chi connectivity index (χ3n) is 4.30. The zero-order chi connectivity index (χ0) is 18.4. The fourth-order valence-electron chi connectivity index (χ4n) is 2.78. The molecule has 1 aliphatic heterocycles. The Morgan fingerprint density at radius 1 is 1.00 bits per heavy atom. The maximum Gasteiger partial charge on any atom is 0.262 e. The SMILES string of the molecule is CN1CCN(C(=O)c2cccc(NC(=O)COc3ccccc3)c2)CC1. The van der Waals surface area contributed by atoms with Gasteiger partial charge in [0.25, 0.3) is 11.8 Å². The molecule has 2 amide bonds. The van der Waals surface area contributed by atoms with Gasteiger partial charge < -0.3 is 19.9 Å². The molecule has 6 nitrogen and oxygen atoms in total. The molecule has 1 fully saturated rings. The largest absolute Gasteiger partial charge is 0.484 e. The van der Waals surface area contributed by atoms with Gasteiger partial charge in [0.15, 0.2) is 6.61 Å². The molecule has 1 heterocycles. The van der Waals surface area contributed by atoms with Crippen molar-refractivity contribution < 1.29 is 14.3 Å². The van der Waals surface area contributed by atoms with Crippen LogP contribution in [0.1, 0.15) is 10.4 Å². The van der Waals surface area contributed by atoms with E-state index in [1.54, 1.807) is 36.4 Å². The molecule has 0 unspecified atom stereocenters. The summed E-state index contributed by atoms with van der Waals surface area (Å²) in [7, 11) is 2.05. The zero-order valence-electron chi connectivity index (χ0n) is 14.9. The van der Waals surface area contributed by atoms with Crippen molar-refractivity contribution in [2.75, 3.05) is 45.2 Å². The smallest absolute Gasteiger partial charge is 0.262 e. The molecule has 6 heteroatoms. The Bertz CT molecular complexity index is 756. The summed E-state index contributed by atoms with van der Waals surface area (Å²) in [5.41, 5.74) is 1.17. The number of nitrogens with one attached hydrogen (secondary N) is 1. The number of benzene rings is 2. The number of carbonyl (C=O) groups is 2. The van der Waals surface area contributed by atoms with Gasteiger partial charge in [0.05, 0.1) is 0 Å². The third-order valence-corrected chi connectivity index (χ3v) is 4.30. The quantitative estimate of drug-likeness (QED) is 0.894. The van der Waals surface area contributed by atoms with Gasteiger partial charge in [-0.1, -0.05) is 24.3 Å². The molecule has 2 aromatic carbocycles. The highest BCUT2D eigenvalue weighted by Gasteiger charge is 2.20. The molecule has 0 spiro atoms. The predicted octanol–water partition coefficient (Wildman–Crippen LogP) is 2.09. The lowest BCUT2D eigenvalue weighted by Gasteiger charge is -2.32. The summed E-state index contributed by atoms with van der Waals surface area (Å²) in [6.07, 6.45) is 0. The van der Waals surface area contributed by atoms with Gasteiger partial charge in [-0.25, -0.2) is 0 Å². The highest BCUT2D eigenvalue weighted by atomic mass is 16.5. The second-order valence-electron chi connectivity index (χ2n) is 6.33. The third kappa shape index (κ3) is 4.83. The minimum Gasteiger partial charge on any atom is -0.484 e. The Morgan fingerprint density at radius 3 is 2.46 bits per heavy atom. The lowest BCUT2D eigenvalue weighted by molar-refractivity contribution is -0.118. The van der Waals surface area contributed by atoms with Crippen molar-refractivity contribution in [3.8, 4) is 5.75 Å². The monoisotopic (exact) mass is 353 g/mol. The Hall–Kier alpha value is -2.86. The average molecular weight is 353 g/mol. The van der Waals surface area contributed by atoms with E-state index in [4.69, 9.17) is 4.74 Å². The van der Waals surface area contributed by atoms with Gasteiger partial charge in [0.2, 0.25) is 0 Å². The predicted molar refractivity (Wildman–Crippen MR) is 100 cm³/mol. The van der Waals surface area contributed by atoms with Crippen molar-refractivity contribution in [2.24, 2.45) is 0 Å². The second kappa shape index (κ2) is 8.49. The van der Waals surface area contributed by atoms with E-state index in [1.165, 1.54) is 0 Å². The number of anilines is 1. The number of nitrogens with zero attached hydrogens (tertiary/aromatic N) is 2. The first kappa shape index (κ1) is 17.9. The van der Waals surface area contributed by atoms with Crippen LogP contribution in [-0.2, 0) is 4.79 Å². The fourth-order valence-corrected chi connectivity index (χ4v) is 2.78. The summed E-state index contributed by atoms with van der Waals surface area (Å²) >= 11 is 0. The van der Waals surface area contributed by atoms with Gasteiger partial charge in [-0.3, -0.25) is 9.59 Å². The van der Waals surface area contributed by atoms with Crippen LogP contribution in [-0.4, -0.2) is 61.4 Å². The number of amides is 2. The van der Waals surface area contributed by atoms with Crippen LogP contribution in [0.4, 0.5) is 5.69 Å². The molecule has 1 aliphatic rings. The fraction of sp³-hybridized carbons (Fsp3) is 0.300. The van der Waals surface area contributed by atoms with Gasteiger partial charge in [-0.05, 0) is 37.4 Å². The second-order valence-corrected chi connectivity index (χ2v) is 6.33. The van der Waals surface area contributed by atoms with Gasteiger partial charge in [0.1, 0.15) is 5.75 Å². The van der Waals surface area contributed by atoms with Gasteiger partial charge in [-0.2, -0.15) is 0 Å². The summed E-state index contributed by atoms with van der Waals surface area (Å²) in [5, 5.41) is 2.77. The molecule has 26 heavy (non-hydrogen) atoms. The molecule has 0 atom stereocenters. The molecule has 0 radical (unpaired) electrons. The van der Waals surface area contributed by atoms with E-state index >= 15 is 0 Å². The summed E-state index contributed by atoms with van der Waals surface area (Å²) in [5.74, 6) is 0.370. The van der Waals surface area contributed by atoms with E-state index in [1.807, 2.05) is 23.1 Å². The van der Waals surface area contributed by atoms with E-state index in [-0.39, 0.29) is 18.4 Å². The Labute approximate surface area is 153 Å². The van der Waals surface area contributed by atoms with Crippen LogP contribution in [0.25, 0.3) is 0 Å². The molecule has 1 saturated heterocycles. The average Bonchev–Trinajstić information content (AvgIpc) is 2.67. The molecule has 3 rings (SSSR count). The van der Waals surface area contributed by atoms with Crippen molar-refractivity contribution in [3.63, 3.8) is 0 Å².